The van der Waals surface area contributed by atoms with Gasteiger partial charge < -0.3 is 20.1 Å². The van der Waals surface area contributed by atoms with Crippen LogP contribution in [-0.2, 0) is 14.3 Å². The van der Waals surface area contributed by atoms with Gasteiger partial charge in [0.1, 0.15) is 0 Å². The Labute approximate surface area is 94.6 Å². The van der Waals surface area contributed by atoms with E-state index in [4.69, 9.17) is 9.84 Å². The molecule has 0 saturated carbocycles. The first-order valence-electron chi connectivity index (χ1n) is 5.20. The van der Waals surface area contributed by atoms with Gasteiger partial charge in [0, 0.05) is 6.54 Å². The zero-order valence-electron chi connectivity index (χ0n) is 9.82. The topological polar surface area (TPSA) is 78.9 Å². The number of nitrogens with zero attached hydrogens (tertiary/aromatic N) is 1. The van der Waals surface area contributed by atoms with Crippen LogP contribution in [0.5, 0.6) is 0 Å². The number of carboxylic acids is 1. The van der Waals surface area contributed by atoms with Crippen LogP contribution in [0.1, 0.15) is 13.8 Å². The largest absolute Gasteiger partial charge is 0.480 e. The van der Waals surface area contributed by atoms with Crippen molar-refractivity contribution in [3.05, 3.63) is 0 Å². The van der Waals surface area contributed by atoms with E-state index < -0.39 is 17.6 Å². The molecule has 0 radical (unpaired) electrons. The number of nitrogens with one attached hydrogen (secondary N) is 1. The minimum Gasteiger partial charge on any atom is -0.480 e. The van der Waals surface area contributed by atoms with E-state index in [-0.39, 0.29) is 12.5 Å². The van der Waals surface area contributed by atoms with Gasteiger partial charge in [-0.3, -0.25) is 4.79 Å². The zero-order valence-corrected chi connectivity index (χ0v) is 9.82. The molecule has 1 aliphatic heterocycles. The molecule has 1 heterocycles. The lowest BCUT2D eigenvalue weighted by Gasteiger charge is -2.37. The summed E-state index contributed by atoms with van der Waals surface area (Å²) in [6.45, 7) is 4.21. The van der Waals surface area contributed by atoms with Crippen molar-refractivity contribution in [2.45, 2.75) is 25.4 Å². The van der Waals surface area contributed by atoms with Crippen molar-refractivity contribution in [3.8, 4) is 0 Å². The van der Waals surface area contributed by atoms with Crippen molar-refractivity contribution >= 4 is 11.9 Å². The second kappa shape index (κ2) is 4.80. The van der Waals surface area contributed by atoms with Crippen LogP contribution in [0.25, 0.3) is 0 Å². The van der Waals surface area contributed by atoms with Crippen LogP contribution in [0.15, 0.2) is 0 Å². The summed E-state index contributed by atoms with van der Waals surface area (Å²) in [5.41, 5.74) is -0.759. The van der Waals surface area contributed by atoms with E-state index in [9.17, 15) is 9.59 Å². The van der Waals surface area contributed by atoms with Crippen molar-refractivity contribution in [1.29, 1.82) is 0 Å². The van der Waals surface area contributed by atoms with Gasteiger partial charge in [0.15, 0.2) is 6.04 Å². The van der Waals surface area contributed by atoms with Crippen LogP contribution in [-0.4, -0.2) is 60.3 Å². The molecule has 16 heavy (non-hydrogen) atoms. The van der Waals surface area contributed by atoms with Crippen molar-refractivity contribution in [3.63, 3.8) is 0 Å². The molecule has 0 aromatic carbocycles. The first kappa shape index (κ1) is 12.9. The SMILES string of the molecule is CNC(C)(C)C(=O)N1CCOCC1C(=O)O. The predicted octanol–water partition coefficient (Wildman–Crippen LogP) is -0.704. The highest BCUT2D eigenvalue weighted by atomic mass is 16.5. The summed E-state index contributed by atoms with van der Waals surface area (Å²) in [6.07, 6.45) is 0. The fraction of sp³-hybridized carbons (Fsp3) is 0.800. The molecular weight excluding hydrogens is 212 g/mol. The summed E-state index contributed by atoms with van der Waals surface area (Å²) >= 11 is 0. The fourth-order valence-corrected chi connectivity index (χ4v) is 1.52. The summed E-state index contributed by atoms with van der Waals surface area (Å²) in [4.78, 5) is 24.5. The number of carbonyl (C=O) groups is 2. The maximum absolute atomic E-state index is 12.1. The fourth-order valence-electron chi connectivity index (χ4n) is 1.52. The number of aliphatic carboxylic acids is 1. The van der Waals surface area contributed by atoms with Gasteiger partial charge in [0.25, 0.3) is 0 Å². The molecule has 1 fully saturated rings. The molecule has 6 nitrogen and oxygen atoms in total. The van der Waals surface area contributed by atoms with Crippen LogP contribution in [0.2, 0.25) is 0 Å². The maximum Gasteiger partial charge on any atom is 0.328 e. The Morgan fingerprint density at radius 2 is 2.12 bits per heavy atom. The minimum absolute atomic E-state index is 0.0564. The molecule has 6 heteroatoms. The van der Waals surface area contributed by atoms with Crippen LogP contribution in [0.3, 0.4) is 0 Å². The Morgan fingerprint density at radius 3 is 2.62 bits per heavy atom. The first-order chi connectivity index (χ1) is 7.40. The average Bonchev–Trinajstić information content (AvgIpc) is 2.28. The van der Waals surface area contributed by atoms with Gasteiger partial charge in [-0.05, 0) is 20.9 Å². The van der Waals surface area contributed by atoms with Gasteiger partial charge in [0.2, 0.25) is 5.91 Å². The molecule has 1 rings (SSSR count). The van der Waals surface area contributed by atoms with Crippen molar-refractivity contribution in [2.24, 2.45) is 0 Å². The highest BCUT2D eigenvalue weighted by Gasteiger charge is 2.38. The molecule has 0 aromatic rings. The average molecular weight is 230 g/mol. The van der Waals surface area contributed by atoms with Gasteiger partial charge >= 0.3 is 5.97 Å². The van der Waals surface area contributed by atoms with Gasteiger partial charge in [-0.15, -0.1) is 0 Å². The molecule has 1 aliphatic rings. The molecule has 0 aliphatic carbocycles. The highest BCUT2D eigenvalue weighted by Crippen LogP contribution is 2.14. The summed E-state index contributed by atoms with van der Waals surface area (Å²) in [6, 6.07) is -0.881. The highest BCUT2D eigenvalue weighted by molar-refractivity contribution is 5.89. The molecule has 0 bridgehead atoms. The van der Waals surface area contributed by atoms with Gasteiger partial charge in [0.05, 0.1) is 18.8 Å². The lowest BCUT2D eigenvalue weighted by Crippen LogP contribution is -2.60. The zero-order chi connectivity index (χ0) is 12.3. The Bertz CT molecular complexity index is 291. The van der Waals surface area contributed by atoms with E-state index in [0.29, 0.717) is 13.2 Å². The molecule has 1 saturated heterocycles. The number of carbonyl (C=O) groups excluding carboxylic acids is 1. The predicted molar refractivity (Wildman–Crippen MR) is 57.1 cm³/mol. The third-order valence-corrected chi connectivity index (χ3v) is 2.83. The van der Waals surface area contributed by atoms with E-state index >= 15 is 0 Å². The maximum atomic E-state index is 12.1. The third kappa shape index (κ3) is 2.51. The second-order valence-electron chi connectivity index (χ2n) is 4.30. The van der Waals surface area contributed by atoms with Gasteiger partial charge in [-0.25, -0.2) is 4.79 Å². The molecule has 1 unspecified atom stereocenters. The Hall–Kier alpha value is -1.14. The molecular formula is C10H18N2O4. The molecule has 1 amide bonds. The van der Waals surface area contributed by atoms with E-state index in [1.165, 1.54) is 4.90 Å². The van der Waals surface area contributed by atoms with Crippen LogP contribution >= 0.6 is 0 Å². The standard InChI is InChI=1S/C10H18N2O4/c1-10(2,11-3)9(15)12-4-5-16-6-7(12)8(13)14/h7,11H,4-6H2,1-3H3,(H,13,14). The first-order valence-corrected chi connectivity index (χ1v) is 5.20. The Kier molecular flexibility index (Phi) is 3.88. The number of likely N-dealkylation sites (N-methyl/N-ethyl adjacent to an activating group) is 1. The summed E-state index contributed by atoms with van der Waals surface area (Å²) < 4.78 is 5.07. The van der Waals surface area contributed by atoms with E-state index in [2.05, 4.69) is 5.32 Å². The number of hydrogen-bond donors (Lipinski definition) is 2. The van der Waals surface area contributed by atoms with Crippen LogP contribution in [0, 0.1) is 0 Å². The molecule has 2 N–H and O–H groups in total. The normalized spacial score (nSPS) is 21.9. The smallest absolute Gasteiger partial charge is 0.328 e. The second-order valence-corrected chi connectivity index (χ2v) is 4.30. The number of rotatable bonds is 3. The number of carboxylic acid groups (broad SMARTS) is 1. The van der Waals surface area contributed by atoms with E-state index in [1.54, 1.807) is 20.9 Å². The van der Waals surface area contributed by atoms with Crippen LogP contribution < -0.4 is 5.32 Å². The molecule has 0 aromatic heterocycles. The molecule has 92 valence electrons. The van der Waals surface area contributed by atoms with E-state index in [0.717, 1.165) is 0 Å². The quantitative estimate of drug-likeness (QED) is 0.670. The lowest BCUT2D eigenvalue weighted by atomic mass is 10.0. The van der Waals surface area contributed by atoms with E-state index in [1.807, 2.05) is 0 Å². The third-order valence-electron chi connectivity index (χ3n) is 2.83. The summed E-state index contributed by atoms with van der Waals surface area (Å²) in [5.74, 6) is -1.24. The molecule has 1 atom stereocenters. The van der Waals surface area contributed by atoms with Crippen molar-refractivity contribution in [2.75, 3.05) is 26.8 Å². The Balaban J connectivity index is 2.83. The monoisotopic (exact) mass is 230 g/mol. The Morgan fingerprint density at radius 1 is 1.50 bits per heavy atom. The van der Waals surface area contributed by atoms with Gasteiger partial charge in [-0.1, -0.05) is 0 Å². The van der Waals surface area contributed by atoms with Crippen LogP contribution in [0.4, 0.5) is 0 Å². The van der Waals surface area contributed by atoms with Gasteiger partial charge in [-0.2, -0.15) is 0 Å². The number of hydrogen-bond acceptors (Lipinski definition) is 4. The summed E-state index contributed by atoms with van der Waals surface area (Å²) in [5, 5.41) is 11.9. The summed E-state index contributed by atoms with van der Waals surface area (Å²) in [7, 11) is 1.67. The number of ether oxygens (including phenoxy) is 1. The minimum atomic E-state index is -1.03. The molecule has 0 spiro atoms. The number of amides is 1. The number of morpholine rings is 1. The lowest BCUT2D eigenvalue weighted by molar-refractivity contribution is -0.160. The van der Waals surface area contributed by atoms with Crippen molar-refractivity contribution in [1.82, 2.24) is 10.2 Å². The van der Waals surface area contributed by atoms with Crippen molar-refractivity contribution < 1.29 is 19.4 Å².